The van der Waals surface area contributed by atoms with Crippen LogP contribution in [0.25, 0.3) is 0 Å². The molecule has 0 unspecified atom stereocenters. The zero-order chi connectivity index (χ0) is 14.8. The molecule has 5 nitrogen and oxygen atoms in total. The Morgan fingerprint density at radius 2 is 1.95 bits per heavy atom. The maximum Gasteiger partial charge on any atom is 0.323 e. The standard InChI is InChI=1S/C15H23NO4/c1-2-3-8-19-9-10-20-15(18)14(16)11-12-4-6-13(17)7-5-12/h4-7,14,17H,2-3,8-11,16H2,1H3/t14-/m1/s1. The third kappa shape index (κ3) is 6.54. The molecule has 3 N–H and O–H groups in total. The number of nitrogens with two attached hydrogens (primary N) is 1. The van der Waals surface area contributed by atoms with Crippen LogP contribution in [0.4, 0.5) is 0 Å². The van der Waals surface area contributed by atoms with Crippen LogP contribution < -0.4 is 5.73 Å². The molecule has 1 rings (SSSR count). The lowest BCUT2D eigenvalue weighted by Gasteiger charge is -2.12. The number of phenols is 1. The Morgan fingerprint density at radius 1 is 1.25 bits per heavy atom. The van der Waals surface area contributed by atoms with Crippen molar-refractivity contribution in [2.75, 3.05) is 19.8 Å². The van der Waals surface area contributed by atoms with Crippen LogP contribution in [0.5, 0.6) is 5.75 Å². The molecule has 1 atom stereocenters. The topological polar surface area (TPSA) is 81.8 Å². The highest BCUT2D eigenvalue weighted by Gasteiger charge is 2.15. The van der Waals surface area contributed by atoms with E-state index >= 15 is 0 Å². The van der Waals surface area contributed by atoms with E-state index in [-0.39, 0.29) is 12.4 Å². The number of hydrogen-bond acceptors (Lipinski definition) is 5. The Balaban J connectivity index is 2.20. The van der Waals surface area contributed by atoms with Gasteiger partial charge in [-0.2, -0.15) is 0 Å². The third-order valence-electron chi connectivity index (χ3n) is 2.81. The van der Waals surface area contributed by atoms with E-state index in [1.54, 1.807) is 24.3 Å². The molecule has 112 valence electrons. The van der Waals surface area contributed by atoms with Crippen LogP contribution in [-0.4, -0.2) is 36.9 Å². The summed E-state index contributed by atoms with van der Waals surface area (Å²) < 4.78 is 10.3. The first-order valence-electron chi connectivity index (χ1n) is 6.91. The third-order valence-corrected chi connectivity index (χ3v) is 2.81. The van der Waals surface area contributed by atoms with Crippen molar-refractivity contribution in [1.29, 1.82) is 0 Å². The number of hydrogen-bond donors (Lipinski definition) is 2. The number of carbonyl (C=O) groups is 1. The molecule has 0 heterocycles. The number of carbonyl (C=O) groups excluding carboxylic acids is 1. The first-order valence-corrected chi connectivity index (χ1v) is 6.91. The van der Waals surface area contributed by atoms with E-state index in [1.165, 1.54) is 0 Å². The molecule has 0 amide bonds. The van der Waals surface area contributed by atoms with Gasteiger partial charge in [0.15, 0.2) is 0 Å². The van der Waals surface area contributed by atoms with E-state index in [1.807, 2.05) is 0 Å². The molecule has 0 aliphatic rings. The molecule has 0 radical (unpaired) electrons. The first kappa shape index (κ1) is 16.5. The zero-order valence-electron chi connectivity index (χ0n) is 11.9. The van der Waals surface area contributed by atoms with E-state index in [4.69, 9.17) is 20.3 Å². The molecule has 0 aromatic heterocycles. The van der Waals surface area contributed by atoms with Crippen molar-refractivity contribution in [2.24, 2.45) is 5.73 Å². The van der Waals surface area contributed by atoms with Gasteiger partial charge >= 0.3 is 5.97 Å². The SMILES string of the molecule is CCCCOCCOC(=O)[C@H](N)Cc1ccc(O)cc1. The van der Waals surface area contributed by atoms with Crippen LogP contribution in [0.1, 0.15) is 25.3 Å². The van der Waals surface area contributed by atoms with E-state index in [0.717, 1.165) is 18.4 Å². The number of phenolic OH excluding ortho intramolecular Hbond substituents is 1. The van der Waals surface area contributed by atoms with Crippen LogP contribution >= 0.6 is 0 Å². The number of ether oxygens (including phenoxy) is 2. The molecule has 0 bridgehead atoms. The summed E-state index contributed by atoms with van der Waals surface area (Å²) in [5, 5.41) is 9.17. The van der Waals surface area contributed by atoms with Crippen molar-refractivity contribution in [1.82, 2.24) is 0 Å². The lowest BCUT2D eigenvalue weighted by atomic mass is 10.1. The number of unbranched alkanes of at least 4 members (excludes halogenated alkanes) is 1. The van der Waals surface area contributed by atoms with Crippen molar-refractivity contribution in [3.63, 3.8) is 0 Å². The highest BCUT2D eigenvalue weighted by Crippen LogP contribution is 2.11. The van der Waals surface area contributed by atoms with Crippen LogP contribution in [0.2, 0.25) is 0 Å². The van der Waals surface area contributed by atoms with Gasteiger partial charge in [-0.25, -0.2) is 0 Å². The van der Waals surface area contributed by atoms with Gasteiger partial charge in [0.25, 0.3) is 0 Å². The molecule has 1 aromatic carbocycles. The summed E-state index contributed by atoms with van der Waals surface area (Å²) in [4.78, 5) is 11.7. The zero-order valence-corrected chi connectivity index (χ0v) is 11.9. The molecular formula is C15H23NO4. The second-order valence-electron chi connectivity index (χ2n) is 4.61. The lowest BCUT2D eigenvalue weighted by Crippen LogP contribution is -2.35. The molecular weight excluding hydrogens is 258 g/mol. The van der Waals surface area contributed by atoms with Gasteiger partial charge in [0.05, 0.1) is 6.61 Å². The molecule has 0 saturated carbocycles. The highest BCUT2D eigenvalue weighted by atomic mass is 16.6. The maximum atomic E-state index is 11.7. The normalized spacial score (nSPS) is 12.1. The largest absolute Gasteiger partial charge is 0.508 e. The predicted molar refractivity (Wildman–Crippen MR) is 76.5 cm³/mol. The summed E-state index contributed by atoms with van der Waals surface area (Å²) in [6, 6.07) is 5.89. The fourth-order valence-corrected chi connectivity index (χ4v) is 1.63. The fraction of sp³-hybridized carbons (Fsp3) is 0.533. The van der Waals surface area contributed by atoms with Gasteiger partial charge in [0.2, 0.25) is 0 Å². The van der Waals surface area contributed by atoms with E-state index in [0.29, 0.717) is 19.6 Å². The van der Waals surface area contributed by atoms with Gasteiger partial charge < -0.3 is 20.3 Å². The van der Waals surface area contributed by atoms with Crippen molar-refractivity contribution in [3.8, 4) is 5.75 Å². The molecule has 0 aliphatic heterocycles. The Labute approximate surface area is 119 Å². The van der Waals surface area contributed by atoms with Gasteiger partial charge in [0.1, 0.15) is 18.4 Å². The quantitative estimate of drug-likeness (QED) is 0.531. The summed E-state index contributed by atoms with van der Waals surface area (Å²) in [5.74, 6) is -0.244. The van der Waals surface area contributed by atoms with E-state index in [9.17, 15) is 4.79 Å². The molecule has 5 heteroatoms. The average molecular weight is 281 g/mol. The summed E-state index contributed by atoms with van der Waals surface area (Å²) in [6.07, 6.45) is 2.47. The van der Waals surface area contributed by atoms with Gasteiger partial charge in [-0.15, -0.1) is 0 Å². The second-order valence-corrected chi connectivity index (χ2v) is 4.61. The van der Waals surface area contributed by atoms with Gasteiger partial charge in [-0.05, 0) is 30.5 Å². The van der Waals surface area contributed by atoms with Crippen LogP contribution in [0.15, 0.2) is 24.3 Å². The Morgan fingerprint density at radius 3 is 2.60 bits per heavy atom. The highest BCUT2D eigenvalue weighted by molar-refractivity contribution is 5.75. The Kier molecular flexibility index (Phi) is 7.69. The minimum absolute atomic E-state index is 0.189. The number of benzene rings is 1. The summed E-state index contributed by atoms with van der Waals surface area (Å²) in [5.41, 5.74) is 6.65. The molecule has 0 saturated heterocycles. The summed E-state index contributed by atoms with van der Waals surface area (Å²) in [7, 11) is 0. The summed E-state index contributed by atoms with van der Waals surface area (Å²) >= 11 is 0. The van der Waals surface area contributed by atoms with E-state index < -0.39 is 12.0 Å². The van der Waals surface area contributed by atoms with Crippen molar-refractivity contribution in [3.05, 3.63) is 29.8 Å². The van der Waals surface area contributed by atoms with Crippen molar-refractivity contribution >= 4 is 5.97 Å². The van der Waals surface area contributed by atoms with E-state index in [2.05, 4.69) is 6.92 Å². The fourth-order valence-electron chi connectivity index (χ4n) is 1.63. The van der Waals surface area contributed by atoms with Gasteiger partial charge in [-0.3, -0.25) is 4.79 Å². The molecule has 0 spiro atoms. The minimum Gasteiger partial charge on any atom is -0.508 e. The van der Waals surface area contributed by atoms with Gasteiger partial charge in [0, 0.05) is 6.61 Å². The van der Waals surface area contributed by atoms with Gasteiger partial charge in [-0.1, -0.05) is 25.5 Å². The molecule has 0 fully saturated rings. The van der Waals surface area contributed by atoms with Crippen molar-refractivity contribution < 1.29 is 19.4 Å². The average Bonchev–Trinajstić information content (AvgIpc) is 2.45. The summed E-state index contributed by atoms with van der Waals surface area (Å²) in [6.45, 7) is 3.41. The number of esters is 1. The Bertz CT molecular complexity index is 391. The van der Waals surface area contributed by atoms with Crippen LogP contribution in [-0.2, 0) is 20.7 Å². The van der Waals surface area contributed by atoms with Crippen LogP contribution in [0.3, 0.4) is 0 Å². The molecule has 1 aromatic rings. The lowest BCUT2D eigenvalue weighted by molar-refractivity contribution is -0.146. The first-order chi connectivity index (χ1) is 9.63. The Hall–Kier alpha value is -1.59. The number of rotatable bonds is 9. The second kappa shape index (κ2) is 9.34. The maximum absolute atomic E-state index is 11.7. The van der Waals surface area contributed by atoms with Crippen molar-refractivity contribution in [2.45, 2.75) is 32.2 Å². The molecule has 20 heavy (non-hydrogen) atoms. The predicted octanol–water partition coefficient (Wildman–Crippen LogP) is 1.62. The smallest absolute Gasteiger partial charge is 0.323 e. The minimum atomic E-state index is -0.699. The molecule has 0 aliphatic carbocycles. The number of aromatic hydroxyl groups is 1. The van der Waals surface area contributed by atoms with Crippen LogP contribution in [0, 0.1) is 0 Å². The monoisotopic (exact) mass is 281 g/mol.